The maximum Gasteiger partial charge on any atom is 0.341 e. The molecule has 1 amide bonds. The minimum absolute atomic E-state index is 0.0579. The molecule has 0 spiro atoms. The number of nitrogens with zero attached hydrogens (tertiary/aromatic N) is 1. The van der Waals surface area contributed by atoms with Crippen molar-refractivity contribution in [2.24, 2.45) is 0 Å². The second kappa shape index (κ2) is 8.44. The molecular weight excluding hydrogens is 358 g/mol. The molecule has 1 aliphatic heterocycles. The van der Waals surface area contributed by atoms with Gasteiger partial charge in [0, 0.05) is 5.56 Å². The van der Waals surface area contributed by atoms with Crippen LogP contribution in [0.2, 0.25) is 0 Å². The molecule has 1 fully saturated rings. The third kappa shape index (κ3) is 4.51. The number of amides is 1. The first-order chi connectivity index (χ1) is 13.3. The van der Waals surface area contributed by atoms with Crippen molar-refractivity contribution in [3.63, 3.8) is 0 Å². The van der Waals surface area contributed by atoms with Gasteiger partial charge in [-0.2, -0.15) is 0 Å². The van der Waals surface area contributed by atoms with Crippen molar-refractivity contribution in [3.05, 3.63) is 64.7 Å². The molecule has 1 heterocycles. The van der Waals surface area contributed by atoms with E-state index in [0.717, 1.165) is 16.7 Å². The van der Waals surface area contributed by atoms with Crippen LogP contribution in [0, 0.1) is 13.8 Å². The van der Waals surface area contributed by atoms with Gasteiger partial charge >= 0.3 is 5.97 Å². The SMILES string of the molecule is Cc1ccc(C)c(C2CN(C(=O)c3cccc(OCC(=O)O)c3)C(C)CO2)c1. The Morgan fingerprint density at radius 1 is 1.21 bits per heavy atom. The lowest BCUT2D eigenvalue weighted by atomic mass is 9.98. The first-order valence-corrected chi connectivity index (χ1v) is 9.29. The van der Waals surface area contributed by atoms with Crippen LogP contribution in [0.25, 0.3) is 0 Å². The summed E-state index contributed by atoms with van der Waals surface area (Å²) in [5.41, 5.74) is 3.87. The summed E-state index contributed by atoms with van der Waals surface area (Å²) in [5, 5.41) is 8.76. The zero-order chi connectivity index (χ0) is 20.3. The molecule has 0 aromatic heterocycles. The molecule has 2 aromatic rings. The van der Waals surface area contributed by atoms with Crippen molar-refractivity contribution in [2.75, 3.05) is 19.8 Å². The number of rotatable bonds is 5. The monoisotopic (exact) mass is 383 g/mol. The molecule has 0 aliphatic carbocycles. The fraction of sp³-hybridized carbons (Fsp3) is 0.364. The lowest BCUT2D eigenvalue weighted by molar-refractivity contribution is -0.139. The summed E-state index contributed by atoms with van der Waals surface area (Å²) in [6.45, 7) is 6.53. The molecule has 0 radical (unpaired) electrons. The third-order valence-corrected chi connectivity index (χ3v) is 4.92. The number of carbonyl (C=O) groups excluding carboxylic acids is 1. The van der Waals surface area contributed by atoms with Gasteiger partial charge in [0.2, 0.25) is 0 Å². The van der Waals surface area contributed by atoms with Gasteiger partial charge in [0.15, 0.2) is 6.61 Å². The molecule has 1 saturated heterocycles. The molecule has 6 nitrogen and oxygen atoms in total. The number of hydrogen-bond acceptors (Lipinski definition) is 4. The van der Waals surface area contributed by atoms with E-state index in [1.54, 1.807) is 24.3 Å². The van der Waals surface area contributed by atoms with Crippen molar-refractivity contribution in [1.29, 1.82) is 0 Å². The minimum atomic E-state index is -1.06. The van der Waals surface area contributed by atoms with Crippen LogP contribution in [0.3, 0.4) is 0 Å². The highest BCUT2D eigenvalue weighted by Gasteiger charge is 2.31. The van der Waals surface area contributed by atoms with Crippen LogP contribution in [-0.4, -0.2) is 47.7 Å². The van der Waals surface area contributed by atoms with E-state index in [2.05, 4.69) is 18.2 Å². The van der Waals surface area contributed by atoms with Gasteiger partial charge in [-0.05, 0) is 50.1 Å². The number of carboxylic acid groups (broad SMARTS) is 1. The highest BCUT2D eigenvalue weighted by atomic mass is 16.5. The van der Waals surface area contributed by atoms with Gasteiger partial charge in [-0.3, -0.25) is 4.79 Å². The van der Waals surface area contributed by atoms with E-state index in [9.17, 15) is 9.59 Å². The van der Waals surface area contributed by atoms with E-state index in [1.807, 2.05) is 25.7 Å². The van der Waals surface area contributed by atoms with E-state index in [4.69, 9.17) is 14.6 Å². The zero-order valence-electron chi connectivity index (χ0n) is 16.3. The maximum absolute atomic E-state index is 13.1. The largest absolute Gasteiger partial charge is 0.482 e. The zero-order valence-corrected chi connectivity index (χ0v) is 16.3. The molecule has 2 aromatic carbocycles. The topological polar surface area (TPSA) is 76.1 Å². The van der Waals surface area contributed by atoms with Crippen molar-refractivity contribution in [1.82, 2.24) is 4.90 Å². The number of ether oxygens (including phenoxy) is 2. The van der Waals surface area contributed by atoms with Gasteiger partial charge in [0.05, 0.1) is 19.2 Å². The number of aryl methyl sites for hydroxylation is 2. The summed E-state index contributed by atoms with van der Waals surface area (Å²) in [6, 6.07) is 12.8. The summed E-state index contributed by atoms with van der Waals surface area (Å²) < 4.78 is 11.2. The van der Waals surface area contributed by atoms with Crippen molar-refractivity contribution in [3.8, 4) is 5.75 Å². The molecule has 2 atom stereocenters. The van der Waals surface area contributed by atoms with Gasteiger partial charge in [-0.25, -0.2) is 4.79 Å². The molecule has 148 valence electrons. The highest BCUT2D eigenvalue weighted by molar-refractivity contribution is 5.95. The van der Waals surface area contributed by atoms with Crippen LogP contribution in [0.5, 0.6) is 5.75 Å². The van der Waals surface area contributed by atoms with Crippen molar-refractivity contribution >= 4 is 11.9 Å². The number of aliphatic carboxylic acids is 1. The Kier molecular flexibility index (Phi) is 5.99. The second-order valence-electron chi connectivity index (χ2n) is 7.20. The second-order valence-corrected chi connectivity index (χ2v) is 7.20. The van der Waals surface area contributed by atoms with Crippen LogP contribution in [0.15, 0.2) is 42.5 Å². The number of morpholine rings is 1. The number of hydrogen-bond donors (Lipinski definition) is 1. The Morgan fingerprint density at radius 3 is 2.75 bits per heavy atom. The van der Waals surface area contributed by atoms with Crippen LogP contribution in [-0.2, 0) is 9.53 Å². The van der Waals surface area contributed by atoms with Gasteiger partial charge in [-0.15, -0.1) is 0 Å². The molecule has 3 rings (SSSR count). The van der Waals surface area contributed by atoms with Gasteiger partial charge < -0.3 is 19.5 Å². The normalized spacial score (nSPS) is 19.3. The Labute approximate surface area is 164 Å². The van der Waals surface area contributed by atoms with Gasteiger partial charge in [-0.1, -0.05) is 29.8 Å². The fourth-order valence-electron chi connectivity index (χ4n) is 3.36. The van der Waals surface area contributed by atoms with Crippen LogP contribution < -0.4 is 4.74 Å². The molecule has 0 saturated carbocycles. The molecule has 1 N–H and O–H groups in total. The molecule has 6 heteroatoms. The maximum atomic E-state index is 13.1. The number of carbonyl (C=O) groups is 2. The summed E-state index contributed by atoms with van der Waals surface area (Å²) in [5.74, 6) is -0.818. The van der Waals surface area contributed by atoms with E-state index in [-0.39, 0.29) is 18.1 Å². The number of carboxylic acids is 1. The quantitative estimate of drug-likeness (QED) is 0.857. The van der Waals surface area contributed by atoms with E-state index < -0.39 is 12.6 Å². The molecule has 0 bridgehead atoms. The summed E-state index contributed by atoms with van der Waals surface area (Å²) in [7, 11) is 0. The summed E-state index contributed by atoms with van der Waals surface area (Å²) in [4.78, 5) is 25.6. The van der Waals surface area contributed by atoms with E-state index in [1.165, 1.54) is 0 Å². The average Bonchev–Trinajstić information content (AvgIpc) is 2.68. The fourth-order valence-corrected chi connectivity index (χ4v) is 3.36. The minimum Gasteiger partial charge on any atom is -0.482 e. The Morgan fingerprint density at radius 2 is 2.00 bits per heavy atom. The first kappa shape index (κ1) is 19.9. The van der Waals surface area contributed by atoms with E-state index in [0.29, 0.717) is 24.5 Å². The van der Waals surface area contributed by atoms with Crippen LogP contribution in [0.4, 0.5) is 0 Å². The number of benzene rings is 2. The lowest BCUT2D eigenvalue weighted by Crippen LogP contribution is -2.48. The lowest BCUT2D eigenvalue weighted by Gasteiger charge is -2.38. The highest BCUT2D eigenvalue weighted by Crippen LogP contribution is 2.29. The Balaban J connectivity index is 1.79. The van der Waals surface area contributed by atoms with E-state index >= 15 is 0 Å². The first-order valence-electron chi connectivity index (χ1n) is 9.29. The van der Waals surface area contributed by atoms with Crippen LogP contribution in [0.1, 0.15) is 40.1 Å². The molecule has 1 aliphatic rings. The third-order valence-electron chi connectivity index (χ3n) is 4.92. The predicted molar refractivity (Wildman–Crippen MR) is 105 cm³/mol. The Hall–Kier alpha value is -2.86. The van der Waals surface area contributed by atoms with Crippen molar-refractivity contribution < 1.29 is 24.2 Å². The summed E-state index contributed by atoms with van der Waals surface area (Å²) >= 11 is 0. The van der Waals surface area contributed by atoms with Gasteiger partial charge in [0.1, 0.15) is 11.9 Å². The smallest absolute Gasteiger partial charge is 0.341 e. The standard InChI is InChI=1S/C22H25NO5/c1-14-7-8-15(2)19(9-14)20-11-23(16(3)12-28-20)22(26)17-5-4-6-18(10-17)27-13-21(24)25/h4-10,16,20H,11-13H2,1-3H3,(H,24,25). The van der Waals surface area contributed by atoms with Gasteiger partial charge in [0.25, 0.3) is 5.91 Å². The molecule has 2 unspecified atom stereocenters. The predicted octanol–water partition coefficient (Wildman–Crippen LogP) is 3.37. The van der Waals surface area contributed by atoms with Crippen LogP contribution >= 0.6 is 0 Å². The average molecular weight is 383 g/mol. The van der Waals surface area contributed by atoms with Crippen molar-refractivity contribution in [2.45, 2.75) is 32.9 Å². The summed E-state index contributed by atoms with van der Waals surface area (Å²) in [6.07, 6.45) is -0.175. The molecule has 28 heavy (non-hydrogen) atoms. The molecular formula is C22H25NO5. The Bertz CT molecular complexity index is 879.